The zero-order valence-electron chi connectivity index (χ0n) is 21.0. The van der Waals surface area contributed by atoms with Crippen LogP contribution in [0.3, 0.4) is 0 Å². The topological polar surface area (TPSA) is 9.23 Å². The molecule has 178 valence electrons. The monoisotopic (exact) mass is 420 g/mol. The van der Waals surface area contributed by atoms with Gasteiger partial charge in [0.15, 0.2) is 0 Å². The van der Waals surface area contributed by atoms with Gasteiger partial charge in [0.2, 0.25) is 0 Å². The van der Waals surface area contributed by atoms with E-state index >= 15 is 0 Å². The highest BCUT2D eigenvalue weighted by atomic mass is 16.5. The van der Waals surface area contributed by atoms with Crippen LogP contribution in [-0.4, -0.2) is 12.7 Å². The first-order valence-corrected chi connectivity index (χ1v) is 14.4. The van der Waals surface area contributed by atoms with Gasteiger partial charge in [-0.05, 0) is 56.3 Å². The summed E-state index contributed by atoms with van der Waals surface area (Å²) in [5.74, 6) is 2.91. The minimum absolute atomic E-state index is 0.589. The van der Waals surface area contributed by atoms with Crippen molar-refractivity contribution < 1.29 is 4.74 Å². The molecule has 0 aliphatic heterocycles. The molecule has 0 bridgehead atoms. The minimum Gasteiger partial charge on any atom is -0.378 e. The van der Waals surface area contributed by atoms with E-state index in [-0.39, 0.29) is 0 Å². The maximum Gasteiger partial charge on any atom is 0.0575 e. The van der Waals surface area contributed by atoms with Crippen LogP contribution >= 0.6 is 0 Å². The molecule has 30 heavy (non-hydrogen) atoms. The molecule has 0 radical (unpaired) electrons. The smallest absolute Gasteiger partial charge is 0.0575 e. The van der Waals surface area contributed by atoms with Gasteiger partial charge in [0.05, 0.1) is 6.10 Å². The molecule has 0 aromatic rings. The summed E-state index contributed by atoms with van der Waals surface area (Å²) in [6.07, 6.45) is 32.3. The van der Waals surface area contributed by atoms with Gasteiger partial charge in [-0.25, -0.2) is 0 Å². The SMILES string of the molecule is CCCCCCCCCC1CCC(OCC2CCC(CCCCCCC)CC2)CC1. The van der Waals surface area contributed by atoms with Crippen molar-refractivity contribution >= 4 is 0 Å². The molecular weight excluding hydrogens is 364 g/mol. The van der Waals surface area contributed by atoms with Crippen molar-refractivity contribution in [1.29, 1.82) is 0 Å². The highest BCUT2D eigenvalue weighted by Gasteiger charge is 2.25. The van der Waals surface area contributed by atoms with Crippen LogP contribution < -0.4 is 0 Å². The van der Waals surface area contributed by atoms with Crippen molar-refractivity contribution in [3.05, 3.63) is 0 Å². The normalized spacial score (nSPS) is 27.4. The van der Waals surface area contributed by atoms with Crippen LogP contribution in [0.25, 0.3) is 0 Å². The number of rotatable bonds is 17. The van der Waals surface area contributed by atoms with Crippen LogP contribution in [-0.2, 0) is 4.74 Å². The largest absolute Gasteiger partial charge is 0.378 e. The Morgan fingerprint density at radius 2 is 0.867 bits per heavy atom. The van der Waals surface area contributed by atoms with E-state index in [2.05, 4.69) is 13.8 Å². The van der Waals surface area contributed by atoms with Crippen molar-refractivity contribution in [3.8, 4) is 0 Å². The molecule has 0 heterocycles. The van der Waals surface area contributed by atoms with Crippen molar-refractivity contribution in [2.24, 2.45) is 17.8 Å². The quantitative estimate of drug-likeness (QED) is 0.213. The zero-order chi connectivity index (χ0) is 21.3. The lowest BCUT2D eigenvalue weighted by Crippen LogP contribution is -2.26. The van der Waals surface area contributed by atoms with Crippen LogP contribution in [0, 0.1) is 17.8 Å². The highest BCUT2D eigenvalue weighted by Crippen LogP contribution is 2.34. The van der Waals surface area contributed by atoms with E-state index in [9.17, 15) is 0 Å². The average Bonchev–Trinajstić information content (AvgIpc) is 2.78. The summed E-state index contributed by atoms with van der Waals surface area (Å²) < 4.78 is 6.41. The maximum atomic E-state index is 6.41. The molecule has 0 atom stereocenters. The first-order valence-electron chi connectivity index (χ1n) is 14.4. The van der Waals surface area contributed by atoms with Gasteiger partial charge in [0, 0.05) is 6.61 Å². The second kappa shape index (κ2) is 17.5. The van der Waals surface area contributed by atoms with E-state index in [1.807, 2.05) is 0 Å². The Labute approximate surface area is 190 Å². The van der Waals surface area contributed by atoms with Gasteiger partial charge < -0.3 is 4.74 Å². The Balaban J connectivity index is 1.41. The van der Waals surface area contributed by atoms with Crippen LogP contribution in [0.4, 0.5) is 0 Å². The Morgan fingerprint density at radius 3 is 1.37 bits per heavy atom. The molecule has 2 saturated carbocycles. The van der Waals surface area contributed by atoms with Gasteiger partial charge in [-0.3, -0.25) is 0 Å². The van der Waals surface area contributed by atoms with Crippen molar-refractivity contribution in [1.82, 2.24) is 0 Å². The predicted molar refractivity (Wildman–Crippen MR) is 133 cm³/mol. The summed E-state index contributed by atoms with van der Waals surface area (Å²) in [7, 11) is 0. The fourth-order valence-electron chi connectivity index (χ4n) is 5.97. The second-order valence-electron chi connectivity index (χ2n) is 11.0. The lowest BCUT2D eigenvalue weighted by atomic mass is 9.80. The van der Waals surface area contributed by atoms with Crippen molar-refractivity contribution in [2.75, 3.05) is 6.61 Å². The third kappa shape index (κ3) is 12.1. The lowest BCUT2D eigenvalue weighted by molar-refractivity contribution is -0.0104. The van der Waals surface area contributed by atoms with Crippen LogP contribution in [0.15, 0.2) is 0 Å². The number of hydrogen-bond donors (Lipinski definition) is 0. The Bertz CT molecular complexity index is 363. The van der Waals surface area contributed by atoms with Crippen molar-refractivity contribution in [2.45, 2.75) is 161 Å². The summed E-state index contributed by atoms with van der Waals surface area (Å²) in [4.78, 5) is 0. The molecule has 2 aliphatic carbocycles. The van der Waals surface area contributed by atoms with Gasteiger partial charge in [0.1, 0.15) is 0 Å². The zero-order valence-corrected chi connectivity index (χ0v) is 21.0. The van der Waals surface area contributed by atoms with E-state index in [0.29, 0.717) is 6.10 Å². The van der Waals surface area contributed by atoms with Crippen LogP contribution in [0.1, 0.15) is 155 Å². The van der Waals surface area contributed by atoms with Crippen molar-refractivity contribution in [3.63, 3.8) is 0 Å². The molecule has 2 aliphatic rings. The van der Waals surface area contributed by atoms with Crippen LogP contribution in [0.5, 0.6) is 0 Å². The summed E-state index contributed by atoms with van der Waals surface area (Å²) in [6.45, 7) is 5.68. The number of ether oxygens (including phenoxy) is 1. The molecule has 1 heteroatoms. The summed E-state index contributed by atoms with van der Waals surface area (Å²) >= 11 is 0. The summed E-state index contributed by atoms with van der Waals surface area (Å²) in [5.41, 5.74) is 0. The minimum atomic E-state index is 0.589. The Kier molecular flexibility index (Phi) is 15.3. The lowest BCUT2D eigenvalue weighted by Gasteiger charge is -2.32. The fourth-order valence-corrected chi connectivity index (χ4v) is 5.97. The van der Waals surface area contributed by atoms with E-state index in [4.69, 9.17) is 4.74 Å². The van der Waals surface area contributed by atoms with Gasteiger partial charge in [-0.2, -0.15) is 0 Å². The average molecular weight is 421 g/mol. The third-order valence-electron chi connectivity index (χ3n) is 8.26. The highest BCUT2D eigenvalue weighted by molar-refractivity contribution is 4.76. The first kappa shape index (κ1) is 26.2. The molecule has 0 aromatic carbocycles. The van der Waals surface area contributed by atoms with E-state index in [1.165, 1.54) is 141 Å². The third-order valence-corrected chi connectivity index (χ3v) is 8.26. The molecule has 2 fully saturated rings. The van der Waals surface area contributed by atoms with E-state index in [1.54, 1.807) is 0 Å². The molecular formula is C29H56O. The van der Waals surface area contributed by atoms with Gasteiger partial charge in [0.25, 0.3) is 0 Å². The Hall–Kier alpha value is -0.0400. The summed E-state index contributed by atoms with van der Waals surface area (Å²) in [6, 6.07) is 0. The first-order chi connectivity index (χ1) is 14.8. The molecule has 0 saturated heterocycles. The number of hydrogen-bond acceptors (Lipinski definition) is 1. The van der Waals surface area contributed by atoms with Crippen LogP contribution in [0.2, 0.25) is 0 Å². The second-order valence-corrected chi connectivity index (χ2v) is 11.0. The molecule has 0 amide bonds. The molecule has 0 N–H and O–H groups in total. The van der Waals surface area contributed by atoms with E-state index in [0.717, 1.165) is 24.4 Å². The fraction of sp³-hybridized carbons (Fsp3) is 1.00. The molecule has 0 aromatic heterocycles. The molecule has 1 nitrogen and oxygen atoms in total. The van der Waals surface area contributed by atoms with Gasteiger partial charge in [-0.15, -0.1) is 0 Å². The summed E-state index contributed by atoms with van der Waals surface area (Å²) in [5, 5.41) is 0. The number of unbranched alkanes of at least 4 members (excludes halogenated alkanes) is 10. The van der Waals surface area contributed by atoms with Gasteiger partial charge in [-0.1, -0.05) is 117 Å². The van der Waals surface area contributed by atoms with E-state index < -0.39 is 0 Å². The molecule has 0 spiro atoms. The molecule has 0 unspecified atom stereocenters. The molecule has 2 rings (SSSR count). The standard InChI is InChI=1S/C29H56O/c1-3-5-7-9-10-12-14-16-27-21-23-29(24-22-27)30-25-28-19-17-26(18-20-28)15-13-11-8-6-4-2/h26-29H,3-25H2,1-2H3. The van der Waals surface area contributed by atoms with Gasteiger partial charge >= 0.3 is 0 Å². The maximum absolute atomic E-state index is 6.41. The Morgan fingerprint density at radius 1 is 0.467 bits per heavy atom. The predicted octanol–water partition coefficient (Wildman–Crippen LogP) is 9.87.